The van der Waals surface area contributed by atoms with E-state index in [1.165, 1.54) is 0 Å². The van der Waals surface area contributed by atoms with Gasteiger partial charge in [0.25, 0.3) is 5.78 Å². The standard InChI is InChI=1S/C10H11N5O/c1-11-5-7-6-15-10(12-7)13-9(14-15)8-3-2-4-16-8/h2-4,6,11H,5H2,1H3,(H,12,13,14). The lowest BCUT2D eigenvalue weighted by molar-refractivity contribution is 0.577. The van der Waals surface area contributed by atoms with E-state index in [9.17, 15) is 0 Å². The number of fused-ring (bicyclic) bond motifs is 1. The highest BCUT2D eigenvalue weighted by Crippen LogP contribution is 2.16. The molecule has 0 fully saturated rings. The topological polar surface area (TPSA) is 71.2 Å². The summed E-state index contributed by atoms with van der Waals surface area (Å²) in [7, 11) is 1.88. The van der Waals surface area contributed by atoms with Crippen molar-refractivity contribution in [3.05, 3.63) is 30.3 Å². The van der Waals surface area contributed by atoms with Crippen LogP contribution in [0.25, 0.3) is 17.4 Å². The largest absolute Gasteiger partial charge is 0.461 e. The molecule has 0 amide bonds. The maximum absolute atomic E-state index is 5.25. The highest BCUT2D eigenvalue weighted by Gasteiger charge is 2.09. The van der Waals surface area contributed by atoms with E-state index in [1.807, 2.05) is 25.4 Å². The van der Waals surface area contributed by atoms with Gasteiger partial charge in [0.1, 0.15) is 0 Å². The van der Waals surface area contributed by atoms with Crippen LogP contribution in [-0.4, -0.2) is 26.6 Å². The minimum atomic E-state index is 0.650. The van der Waals surface area contributed by atoms with Crippen molar-refractivity contribution in [2.24, 2.45) is 0 Å². The number of hydrogen-bond donors (Lipinski definition) is 2. The van der Waals surface area contributed by atoms with Crippen LogP contribution in [-0.2, 0) is 6.54 Å². The summed E-state index contributed by atoms with van der Waals surface area (Å²) < 4.78 is 7.03. The number of rotatable bonds is 3. The number of imidazole rings is 1. The molecule has 0 spiro atoms. The zero-order valence-corrected chi connectivity index (χ0v) is 8.77. The van der Waals surface area contributed by atoms with Crippen molar-refractivity contribution in [2.45, 2.75) is 6.54 Å². The third kappa shape index (κ3) is 1.40. The Bertz CT molecular complexity index is 560. The van der Waals surface area contributed by atoms with E-state index in [1.54, 1.807) is 10.8 Å². The van der Waals surface area contributed by atoms with E-state index in [2.05, 4.69) is 20.4 Å². The van der Waals surface area contributed by atoms with Crippen molar-refractivity contribution in [1.29, 1.82) is 0 Å². The maximum Gasteiger partial charge on any atom is 0.251 e. The van der Waals surface area contributed by atoms with Crippen molar-refractivity contribution in [3.8, 4) is 11.6 Å². The van der Waals surface area contributed by atoms with Gasteiger partial charge in [0.15, 0.2) is 11.6 Å². The van der Waals surface area contributed by atoms with Crippen LogP contribution in [0.2, 0.25) is 0 Å². The van der Waals surface area contributed by atoms with E-state index in [-0.39, 0.29) is 0 Å². The zero-order valence-electron chi connectivity index (χ0n) is 8.77. The van der Waals surface area contributed by atoms with Crippen LogP contribution < -0.4 is 5.32 Å². The maximum atomic E-state index is 5.25. The van der Waals surface area contributed by atoms with Gasteiger partial charge in [-0.1, -0.05) is 0 Å². The van der Waals surface area contributed by atoms with Gasteiger partial charge in [0.2, 0.25) is 0 Å². The minimum Gasteiger partial charge on any atom is -0.461 e. The summed E-state index contributed by atoms with van der Waals surface area (Å²) in [6.45, 7) is 0.729. The number of H-pyrrole nitrogens is 1. The molecule has 82 valence electrons. The van der Waals surface area contributed by atoms with E-state index in [0.717, 1.165) is 12.2 Å². The highest BCUT2D eigenvalue weighted by molar-refractivity contribution is 5.49. The predicted octanol–water partition coefficient (Wildman–Crippen LogP) is 1.04. The molecule has 0 aliphatic heterocycles. The third-order valence-corrected chi connectivity index (χ3v) is 2.29. The summed E-state index contributed by atoms with van der Waals surface area (Å²) in [5.41, 5.74) is 0.951. The molecule has 0 radical (unpaired) electrons. The highest BCUT2D eigenvalue weighted by atomic mass is 16.3. The van der Waals surface area contributed by atoms with Crippen LogP contribution in [0.4, 0.5) is 0 Å². The molecule has 0 saturated heterocycles. The fourth-order valence-electron chi connectivity index (χ4n) is 1.61. The number of nitrogens with zero attached hydrogens (tertiary/aromatic N) is 3. The fourth-order valence-corrected chi connectivity index (χ4v) is 1.61. The number of hydrogen-bond acceptors (Lipinski definition) is 4. The second-order valence-corrected chi connectivity index (χ2v) is 3.48. The Labute approximate surface area is 91.3 Å². The molecule has 6 heteroatoms. The lowest BCUT2D eigenvalue weighted by Crippen LogP contribution is -2.05. The van der Waals surface area contributed by atoms with E-state index in [4.69, 9.17) is 4.42 Å². The Morgan fingerprint density at radius 1 is 1.50 bits per heavy atom. The second-order valence-electron chi connectivity index (χ2n) is 3.48. The van der Waals surface area contributed by atoms with Crippen LogP contribution >= 0.6 is 0 Å². The average molecular weight is 217 g/mol. The first-order valence-corrected chi connectivity index (χ1v) is 4.99. The lowest BCUT2D eigenvalue weighted by Gasteiger charge is -1.90. The van der Waals surface area contributed by atoms with Crippen molar-refractivity contribution in [2.75, 3.05) is 7.05 Å². The Balaban J connectivity index is 2.02. The Morgan fingerprint density at radius 2 is 2.44 bits per heavy atom. The van der Waals surface area contributed by atoms with Gasteiger partial charge >= 0.3 is 0 Å². The molecule has 0 aliphatic carbocycles. The summed E-state index contributed by atoms with van der Waals surface area (Å²) >= 11 is 0. The van der Waals surface area contributed by atoms with Gasteiger partial charge in [-0.2, -0.15) is 4.98 Å². The van der Waals surface area contributed by atoms with E-state index < -0.39 is 0 Å². The van der Waals surface area contributed by atoms with Crippen molar-refractivity contribution >= 4 is 5.78 Å². The molecule has 0 unspecified atom stereocenters. The summed E-state index contributed by atoms with van der Waals surface area (Å²) in [6.07, 6.45) is 3.53. The molecule has 3 aromatic rings. The molecule has 0 aromatic carbocycles. The monoisotopic (exact) mass is 217 g/mol. The van der Waals surface area contributed by atoms with Crippen LogP contribution in [0.3, 0.4) is 0 Å². The van der Waals surface area contributed by atoms with E-state index in [0.29, 0.717) is 17.4 Å². The van der Waals surface area contributed by atoms with Gasteiger partial charge in [0.05, 0.1) is 18.2 Å². The molecule has 2 N–H and O–H groups in total. The fraction of sp³-hybridized carbons (Fsp3) is 0.200. The van der Waals surface area contributed by atoms with Gasteiger partial charge in [0, 0.05) is 6.54 Å². The molecule has 0 aliphatic rings. The predicted molar refractivity (Wildman–Crippen MR) is 57.8 cm³/mol. The molecular weight excluding hydrogens is 206 g/mol. The first-order valence-electron chi connectivity index (χ1n) is 4.99. The average Bonchev–Trinajstić information content (AvgIpc) is 2.89. The van der Waals surface area contributed by atoms with Gasteiger partial charge in [-0.05, 0) is 19.2 Å². The van der Waals surface area contributed by atoms with Crippen molar-refractivity contribution in [1.82, 2.24) is 24.9 Å². The van der Waals surface area contributed by atoms with Crippen LogP contribution in [0.1, 0.15) is 5.69 Å². The SMILES string of the molecule is CNCc1cn2[nH]c(-c3ccco3)nc2n1. The molecule has 16 heavy (non-hydrogen) atoms. The zero-order chi connectivity index (χ0) is 11.0. The van der Waals surface area contributed by atoms with Crippen LogP contribution in [0, 0.1) is 0 Å². The van der Waals surface area contributed by atoms with Gasteiger partial charge < -0.3 is 9.73 Å². The van der Waals surface area contributed by atoms with Crippen molar-refractivity contribution < 1.29 is 4.42 Å². The van der Waals surface area contributed by atoms with Crippen LogP contribution in [0.5, 0.6) is 0 Å². The van der Waals surface area contributed by atoms with Gasteiger partial charge in [-0.25, -0.2) is 9.50 Å². The summed E-state index contributed by atoms with van der Waals surface area (Å²) in [5.74, 6) is 2.04. The first kappa shape index (κ1) is 9.17. The summed E-state index contributed by atoms with van der Waals surface area (Å²) in [4.78, 5) is 8.68. The molecule has 3 heterocycles. The summed E-state index contributed by atoms with van der Waals surface area (Å²) in [6, 6.07) is 3.68. The van der Waals surface area contributed by atoms with Gasteiger partial charge in [-0.3, -0.25) is 5.10 Å². The third-order valence-electron chi connectivity index (χ3n) is 2.29. The molecule has 6 nitrogen and oxygen atoms in total. The number of aromatic amines is 1. The molecule has 3 aromatic heterocycles. The first-order chi connectivity index (χ1) is 7.86. The normalized spacial score (nSPS) is 11.3. The molecular formula is C10H11N5O. The molecule has 0 bridgehead atoms. The number of aromatic nitrogens is 4. The lowest BCUT2D eigenvalue weighted by atomic mass is 10.4. The van der Waals surface area contributed by atoms with Crippen molar-refractivity contribution in [3.63, 3.8) is 0 Å². The Morgan fingerprint density at radius 3 is 3.12 bits per heavy atom. The molecule has 0 atom stereocenters. The Kier molecular flexibility index (Phi) is 2.00. The number of furan rings is 1. The summed E-state index contributed by atoms with van der Waals surface area (Å²) in [5, 5.41) is 6.14. The van der Waals surface area contributed by atoms with E-state index >= 15 is 0 Å². The number of nitrogens with one attached hydrogen (secondary N) is 2. The Hall–Kier alpha value is -2.08. The smallest absolute Gasteiger partial charge is 0.251 e. The van der Waals surface area contributed by atoms with Crippen LogP contribution in [0.15, 0.2) is 29.0 Å². The van der Waals surface area contributed by atoms with Gasteiger partial charge in [-0.15, -0.1) is 0 Å². The second kappa shape index (κ2) is 3.49. The minimum absolute atomic E-state index is 0.650. The molecule has 3 rings (SSSR count). The quantitative estimate of drug-likeness (QED) is 0.687. The molecule has 0 saturated carbocycles.